The number of likely N-dealkylation sites (N-methyl/N-ethyl adjacent to an activating group) is 1. The third-order valence-electron chi connectivity index (χ3n) is 10.3. The van der Waals surface area contributed by atoms with Crippen molar-refractivity contribution in [3.8, 4) is 0 Å². The van der Waals surface area contributed by atoms with E-state index in [1.165, 1.54) is 77.0 Å². The van der Waals surface area contributed by atoms with Crippen LogP contribution >= 0.6 is 0 Å². The molecule has 0 saturated heterocycles. The largest absolute Gasteiger partial charge is 0.545 e. The zero-order chi connectivity index (χ0) is 44.9. The van der Waals surface area contributed by atoms with E-state index in [0.29, 0.717) is 17.4 Å². The predicted octanol–water partition coefficient (Wildman–Crippen LogP) is 12.0. The quantitative estimate of drug-likeness (QED) is 0.0196. The Bertz CT molecular complexity index is 1180. The molecule has 9 nitrogen and oxygen atoms in total. The van der Waals surface area contributed by atoms with Gasteiger partial charge in [-0.2, -0.15) is 0 Å². The number of hydrogen-bond acceptors (Lipinski definition) is 8. The van der Waals surface area contributed by atoms with Crippen molar-refractivity contribution in [3.05, 3.63) is 60.8 Å². The predicted molar refractivity (Wildman–Crippen MR) is 251 cm³/mol. The minimum atomic E-state index is -1.63. The van der Waals surface area contributed by atoms with Crippen LogP contribution < -0.4 is 5.11 Å². The van der Waals surface area contributed by atoms with Crippen molar-refractivity contribution in [1.82, 2.24) is 0 Å². The van der Waals surface area contributed by atoms with Crippen LogP contribution in [0.15, 0.2) is 60.8 Å². The number of quaternary nitrogens is 1. The van der Waals surface area contributed by atoms with Gasteiger partial charge in [0.25, 0.3) is 0 Å². The van der Waals surface area contributed by atoms with Crippen molar-refractivity contribution in [1.29, 1.82) is 0 Å². The van der Waals surface area contributed by atoms with Crippen LogP contribution in [0.2, 0.25) is 0 Å². The van der Waals surface area contributed by atoms with E-state index in [9.17, 15) is 19.5 Å². The number of rotatable bonds is 44. The summed E-state index contributed by atoms with van der Waals surface area (Å²) >= 11 is 0. The molecule has 0 aromatic heterocycles. The fourth-order valence-electron chi connectivity index (χ4n) is 6.50. The molecule has 0 saturated carbocycles. The van der Waals surface area contributed by atoms with Crippen molar-refractivity contribution < 1.29 is 42.9 Å². The first kappa shape index (κ1) is 58.0. The fourth-order valence-corrected chi connectivity index (χ4v) is 6.50. The molecule has 0 N–H and O–H groups in total. The summed E-state index contributed by atoms with van der Waals surface area (Å²) in [4.78, 5) is 37.1. The lowest BCUT2D eigenvalue weighted by molar-refractivity contribution is -0.870. The molecule has 0 radical (unpaired) electrons. The van der Waals surface area contributed by atoms with Gasteiger partial charge in [-0.25, -0.2) is 0 Å². The number of nitrogens with zero attached hydrogens (tertiary/aromatic N) is 1. The highest BCUT2D eigenvalue weighted by atomic mass is 16.7. The number of allylic oxidation sites excluding steroid dienone is 10. The average molecular weight is 858 g/mol. The molecule has 61 heavy (non-hydrogen) atoms. The van der Waals surface area contributed by atoms with Crippen LogP contribution in [-0.2, 0) is 33.3 Å². The van der Waals surface area contributed by atoms with E-state index in [4.69, 9.17) is 18.9 Å². The second-order valence-corrected chi connectivity index (χ2v) is 17.4. The number of esters is 2. The Kier molecular flexibility index (Phi) is 41.5. The lowest BCUT2D eigenvalue weighted by Gasteiger charge is -2.26. The van der Waals surface area contributed by atoms with Gasteiger partial charge in [-0.15, -0.1) is 0 Å². The Hall–Kier alpha value is -3.01. The van der Waals surface area contributed by atoms with Crippen LogP contribution in [0, 0.1) is 0 Å². The topological polar surface area (TPSA) is 111 Å². The third-order valence-corrected chi connectivity index (χ3v) is 10.3. The van der Waals surface area contributed by atoms with Crippen LogP contribution in [0.4, 0.5) is 0 Å². The number of carbonyl (C=O) groups is 3. The molecule has 9 heteroatoms. The van der Waals surface area contributed by atoms with E-state index >= 15 is 0 Å². The zero-order valence-corrected chi connectivity index (χ0v) is 39.8. The van der Waals surface area contributed by atoms with E-state index in [1.807, 2.05) is 21.1 Å². The lowest BCUT2D eigenvalue weighted by atomic mass is 10.0. The minimum Gasteiger partial charge on any atom is -0.545 e. The highest BCUT2D eigenvalue weighted by Gasteiger charge is 2.21. The maximum atomic E-state index is 12.8. The summed E-state index contributed by atoms with van der Waals surface area (Å²) in [5.41, 5.74) is 0. The first-order chi connectivity index (χ1) is 29.6. The number of hydrogen-bond donors (Lipinski definition) is 0. The van der Waals surface area contributed by atoms with Crippen molar-refractivity contribution in [2.45, 2.75) is 206 Å². The molecular formula is C52H91NO8. The van der Waals surface area contributed by atoms with Crippen LogP contribution in [-0.4, -0.2) is 82.3 Å². The van der Waals surface area contributed by atoms with Crippen molar-refractivity contribution in [3.63, 3.8) is 0 Å². The van der Waals surface area contributed by atoms with Crippen molar-refractivity contribution in [2.75, 3.05) is 47.5 Å². The summed E-state index contributed by atoms with van der Waals surface area (Å²) in [7, 11) is 5.90. The van der Waals surface area contributed by atoms with Crippen LogP contribution in [0.1, 0.15) is 194 Å². The fraction of sp³-hybridized carbons (Fsp3) is 0.750. The first-order valence-electron chi connectivity index (χ1n) is 24.4. The summed E-state index contributed by atoms with van der Waals surface area (Å²) < 4.78 is 22.6. The molecule has 352 valence electrons. The highest BCUT2D eigenvalue weighted by Crippen LogP contribution is 2.15. The normalized spacial score (nSPS) is 13.4. The summed E-state index contributed by atoms with van der Waals surface area (Å²) in [6.07, 6.45) is 49.6. The van der Waals surface area contributed by atoms with Crippen LogP contribution in [0.5, 0.6) is 0 Å². The minimum absolute atomic E-state index is 0.142. The summed E-state index contributed by atoms with van der Waals surface area (Å²) in [5, 5.41) is 11.7. The van der Waals surface area contributed by atoms with Crippen LogP contribution in [0.3, 0.4) is 0 Å². The van der Waals surface area contributed by atoms with Gasteiger partial charge in [-0.3, -0.25) is 9.59 Å². The Morgan fingerprint density at radius 1 is 0.508 bits per heavy atom. The van der Waals surface area contributed by atoms with Crippen LogP contribution in [0.25, 0.3) is 0 Å². The van der Waals surface area contributed by atoms with Gasteiger partial charge < -0.3 is 33.3 Å². The van der Waals surface area contributed by atoms with E-state index in [1.54, 1.807) is 0 Å². The Labute approximate surface area is 374 Å². The Balaban J connectivity index is 4.42. The summed E-state index contributed by atoms with van der Waals surface area (Å²) in [5.74, 6) is -2.31. The molecule has 0 heterocycles. The molecular weight excluding hydrogens is 767 g/mol. The highest BCUT2D eigenvalue weighted by molar-refractivity contribution is 5.70. The molecule has 0 aromatic carbocycles. The number of carbonyl (C=O) groups excluding carboxylic acids is 3. The molecule has 0 amide bonds. The second-order valence-electron chi connectivity index (χ2n) is 17.4. The van der Waals surface area contributed by atoms with E-state index in [-0.39, 0.29) is 38.6 Å². The molecule has 0 rings (SSSR count). The number of carboxylic acids is 1. The van der Waals surface area contributed by atoms with Gasteiger partial charge in [-0.05, 0) is 57.8 Å². The third kappa shape index (κ3) is 44.8. The lowest BCUT2D eigenvalue weighted by Crippen LogP contribution is -2.44. The van der Waals surface area contributed by atoms with Gasteiger partial charge in [-0.1, -0.05) is 184 Å². The summed E-state index contributed by atoms with van der Waals surface area (Å²) in [6.45, 7) is 4.61. The standard InChI is InChI=1S/C52H91NO8/c1-6-8-10-12-14-16-18-20-22-23-24-25-26-27-29-31-33-35-37-39-41-43-50(55)61-48(47-60-52(51(56)57)58-45-44-53(3,4)5)46-59-49(54)42-40-38-36-34-32-30-28-21-19-17-15-13-11-9-7-2/h8,10,14,16,20,22,24-25,27,29,48,52H,6-7,9,11-13,15,17-19,21,23,26,28,30-47H2,1-5H3/b10-8-,16-14-,22-20-,25-24-,29-27-. The Morgan fingerprint density at radius 2 is 0.934 bits per heavy atom. The molecule has 0 aliphatic carbocycles. The maximum Gasteiger partial charge on any atom is 0.306 e. The summed E-state index contributed by atoms with van der Waals surface area (Å²) in [6, 6.07) is 0. The van der Waals surface area contributed by atoms with E-state index in [0.717, 1.165) is 83.5 Å². The monoisotopic (exact) mass is 858 g/mol. The molecule has 0 spiro atoms. The van der Waals surface area contributed by atoms with Gasteiger partial charge in [0.1, 0.15) is 13.2 Å². The van der Waals surface area contributed by atoms with Crippen molar-refractivity contribution >= 4 is 17.9 Å². The Morgan fingerprint density at radius 3 is 1.39 bits per heavy atom. The van der Waals surface area contributed by atoms with E-state index < -0.39 is 24.3 Å². The van der Waals surface area contributed by atoms with Gasteiger partial charge >= 0.3 is 11.9 Å². The molecule has 0 fully saturated rings. The second kappa shape index (κ2) is 43.6. The SMILES string of the molecule is CC/C=C\C/C=C\C/C=C\C/C=C\C/C=C\CCCCCCCC(=O)OC(COC(=O)CCCCCCCCCCCCCCCCC)COC(OCC[N+](C)(C)C)C(=O)[O-]. The maximum absolute atomic E-state index is 12.8. The van der Waals surface area contributed by atoms with Gasteiger partial charge in [0.05, 0.1) is 40.3 Å². The van der Waals surface area contributed by atoms with Gasteiger partial charge in [0, 0.05) is 12.8 Å². The average Bonchev–Trinajstić information content (AvgIpc) is 3.22. The smallest absolute Gasteiger partial charge is 0.306 e. The number of carboxylic acid groups (broad SMARTS) is 1. The first-order valence-corrected chi connectivity index (χ1v) is 24.4. The van der Waals surface area contributed by atoms with Crippen molar-refractivity contribution in [2.24, 2.45) is 0 Å². The molecule has 0 aliphatic rings. The molecule has 2 unspecified atom stereocenters. The van der Waals surface area contributed by atoms with Gasteiger partial charge in [0.2, 0.25) is 0 Å². The molecule has 0 bridgehead atoms. The number of unbranched alkanes of at least 4 members (excludes halogenated alkanes) is 19. The van der Waals surface area contributed by atoms with Gasteiger partial charge in [0.15, 0.2) is 12.4 Å². The molecule has 2 atom stereocenters. The van der Waals surface area contributed by atoms with E-state index in [2.05, 4.69) is 74.6 Å². The molecule has 0 aromatic rings. The zero-order valence-electron chi connectivity index (χ0n) is 39.8. The molecule has 0 aliphatic heterocycles. The number of ether oxygens (including phenoxy) is 4. The number of aliphatic carboxylic acids is 1.